The molecule has 2 aromatic carbocycles. The van der Waals surface area contributed by atoms with Crippen LogP contribution in [0.5, 0.6) is 0 Å². The first-order chi connectivity index (χ1) is 9.22. The van der Waals surface area contributed by atoms with Gasteiger partial charge in [0.2, 0.25) is 5.12 Å². The lowest BCUT2D eigenvalue weighted by atomic mass is 10.0. The zero-order valence-electron chi connectivity index (χ0n) is 11.3. The largest absolute Gasteiger partial charge is 0.286 e. The maximum atomic E-state index is 12.3. The summed E-state index contributed by atoms with van der Waals surface area (Å²) >= 11 is 1.36. The van der Waals surface area contributed by atoms with Crippen LogP contribution in [0.2, 0.25) is 0 Å². The zero-order chi connectivity index (χ0) is 13.7. The molecule has 0 amide bonds. The van der Waals surface area contributed by atoms with Crippen LogP contribution in [0.15, 0.2) is 59.5 Å². The Morgan fingerprint density at radius 2 is 1.68 bits per heavy atom. The summed E-state index contributed by atoms with van der Waals surface area (Å²) in [5.41, 5.74) is 2.31. The maximum Gasteiger partial charge on any atom is 0.200 e. The van der Waals surface area contributed by atoms with Gasteiger partial charge in [-0.2, -0.15) is 0 Å². The molecule has 19 heavy (non-hydrogen) atoms. The molecule has 2 heteroatoms. The topological polar surface area (TPSA) is 17.1 Å². The minimum absolute atomic E-state index is 0.0730. The second kappa shape index (κ2) is 6.58. The fourth-order valence-corrected chi connectivity index (χ4v) is 2.99. The molecule has 2 rings (SSSR count). The Morgan fingerprint density at radius 1 is 1.05 bits per heavy atom. The fraction of sp³-hybridized carbons (Fsp3) is 0.235. The van der Waals surface area contributed by atoms with Crippen LogP contribution in [0.3, 0.4) is 0 Å². The maximum absolute atomic E-state index is 12.3. The van der Waals surface area contributed by atoms with Crippen LogP contribution in [0.25, 0.3) is 0 Å². The van der Waals surface area contributed by atoms with Gasteiger partial charge in [-0.25, -0.2) is 0 Å². The van der Waals surface area contributed by atoms with Crippen LogP contribution in [0, 0.1) is 0 Å². The Balaban J connectivity index is 2.13. The molecular formula is C17H18OS. The van der Waals surface area contributed by atoms with Crippen molar-refractivity contribution < 1.29 is 4.79 Å². The van der Waals surface area contributed by atoms with Crippen molar-refractivity contribution in [3.8, 4) is 0 Å². The van der Waals surface area contributed by atoms with E-state index in [-0.39, 0.29) is 11.0 Å². The number of carbonyl (C=O) groups excluding carboxylic acids is 1. The average Bonchev–Trinajstić information content (AvgIpc) is 2.48. The van der Waals surface area contributed by atoms with Crippen molar-refractivity contribution in [2.75, 3.05) is 0 Å². The summed E-state index contributed by atoms with van der Waals surface area (Å²) in [7, 11) is 0. The van der Waals surface area contributed by atoms with Crippen LogP contribution in [-0.2, 0) is 11.2 Å². The van der Waals surface area contributed by atoms with Crippen molar-refractivity contribution in [2.45, 2.75) is 31.1 Å². The van der Waals surface area contributed by atoms with E-state index in [4.69, 9.17) is 0 Å². The molecule has 0 N–H and O–H groups in total. The molecule has 2 aromatic rings. The van der Waals surface area contributed by atoms with Crippen LogP contribution >= 0.6 is 11.8 Å². The van der Waals surface area contributed by atoms with Crippen LogP contribution in [0.1, 0.15) is 30.9 Å². The second-order valence-electron chi connectivity index (χ2n) is 4.51. The Labute approximate surface area is 119 Å². The first-order valence-corrected chi connectivity index (χ1v) is 7.38. The lowest BCUT2D eigenvalue weighted by molar-refractivity contribution is -0.111. The van der Waals surface area contributed by atoms with Gasteiger partial charge in [0.25, 0.3) is 0 Å². The molecule has 0 spiro atoms. The van der Waals surface area contributed by atoms with E-state index < -0.39 is 0 Å². The van der Waals surface area contributed by atoms with Gasteiger partial charge in [0, 0.05) is 4.90 Å². The predicted octanol–water partition coefficient (Wildman–Crippen LogP) is 4.67. The highest BCUT2D eigenvalue weighted by Gasteiger charge is 2.17. The standard InChI is InChI=1S/C17H18OS/c1-3-14-9-7-8-12-16(14)19-17(18)13(2)15-10-5-4-6-11-15/h4-13H,3H2,1-2H3/t13-/m1/s1. The van der Waals surface area contributed by atoms with Crippen molar-refractivity contribution in [2.24, 2.45) is 0 Å². The molecule has 0 unspecified atom stereocenters. The first kappa shape index (κ1) is 13.9. The summed E-state index contributed by atoms with van der Waals surface area (Å²) in [6.45, 7) is 4.09. The Bertz CT molecular complexity index is 548. The molecule has 0 aromatic heterocycles. The van der Waals surface area contributed by atoms with E-state index >= 15 is 0 Å². The fourth-order valence-electron chi connectivity index (χ4n) is 1.97. The number of thioether (sulfide) groups is 1. The Morgan fingerprint density at radius 3 is 2.37 bits per heavy atom. The molecule has 0 fully saturated rings. The number of hydrogen-bond acceptors (Lipinski definition) is 2. The van der Waals surface area contributed by atoms with Crippen LogP contribution < -0.4 is 0 Å². The molecule has 0 heterocycles. The van der Waals surface area contributed by atoms with Crippen molar-refractivity contribution >= 4 is 16.9 Å². The molecule has 0 aliphatic carbocycles. The zero-order valence-corrected chi connectivity index (χ0v) is 12.1. The molecule has 0 radical (unpaired) electrons. The highest BCUT2D eigenvalue weighted by molar-refractivity contribution is 8.13. The van der Waals surface area contributed by atoms with E-state index in [9.17, 15) is 4.79 Å². The van der Waals surface area contributed by atoms with E-state index in [1.807, 2.05) is 55.5 Å². The summed E-state index contributed by atoms with van der Waals surface area (Å²) in [5, 5.41) is 0.201. The number of carbonyl (C=O) groups is 1. The van der Waals surface area contributed by atoms with Crippen LogP contribution in [-0.4, -0.2) is 5.12 Å². The molecule has 0 saturated heterocycles. The summed E-state index contributed by atoms with van der Waals surface area (Å²) < 4.78 is 0. The average molecular weight is 270 g/mol. The number of hydrogen-bond donors (Lipinski definition) is 0. The van der Waals surface area contributed by atoms with E-state index in [0.29, 0.717) is 0 Å². The van der Waals surface area contributed by atoms with Gasteiger partial charge in [-0.3, -0.25) is 4.79 Å². The third kappa shape index (κ3) is 3.48. The number of rotatable bonds is 4. The minimum atomic E-state index is -0.0730. The first-order valence-electron chi connectivity index (χ1n) is 6.57. The molecule has 1 nitrogen and oxygen atoms in total. The van der Waals surface area contributed by atoms with Gasteiger partial charge in [-0.05, 0) is 23.6 Å². The smallest absolute Gasteiger partial charge is 0.200 e. The summed E-state index contributed by atoms with van der Waals surface area (Å²) in [5.74, 6) is -0.0730. The van der Waals surface area contributed by atoms with Crippen LogP contribution in [0.4, 0.5) is 0 Å². The summed E-state index contributed by atoms with van der Waals surface area (Å²) in [6.07, 6.45) is 0.955. The van der Waals surface area contributed by atoms with Gasteiger partial charge in [-0.15, -0.1) is 0 Å². The van der Waals surface area contributed by atoms with Gasteiger partial charge in [0.05, 0.1) is 5.92 Å². The highest BCUT2D eigenvalue weighted by Crippen LogP contribution is 2.30. The third-order valence-electron chi connectivity index (χ3n) is 3.22. The molecule has 0 bridgehead atoms. The summed E-state index contributed by atoms with van der Waals surface area (Å²) in [6, 6.07) is 18.1. The van der Waals surface area contributed by atoms with Gasteiger partial charge >= 0.3 is 0 Å². The van der Waals surface area contributed by atoms with Crippen molar-refractivity contribution in [1.29, 1.82) is 0 Å². The number of benzene rings is 2. The quantitative estimate of drug-likeness (QED) is 0.751. The molecular weight excluding hydrogens is 252 g/mol. The molecule has 1 atom stereocenters. The monoisotopic (exact) mass is 270 g/mol. The van der Waals surface area contributed by atoms with Crippen molar-refractivity contribution in [3.05, 3.63) is 65.7 Å². The van der Waals surface area contributed by atoms with Gasteiger partial charge < -0.3 is 0 Å². The van der Waals surface area contributed by atoms with Crippen molar-refractivity contribution in [1.82, 2.24) is 0 Å². The van der Waals surface area contributed by atoms with Gasteiger partial charge in [0.15, 0.2) is 0 Å². The Hall–Kier alpha value is -1.54. The SMILES string of the molecule is CCc1ccccc1SC(=O)[C@H](C)c1ccccc1. The minimum Gasteiger partial charge on any atom is -0.286 e. The van der Waals surface area contributed by atoms with Gasteiger partial charge in [0.1, 0.15) is 0 Å². The molecule has 98 valence electrons. The predicted molar refractivity (Wildman–Crippen MR) is 81.5 cm³/mol. The van der Waals surface area contributed by atoms with Crippen molar-refractivity contribution in [3.63, 3.8) is 0 Å². The molecule has 0 saturated carbocycles. The van der Waals surface area contributed by atoms with E-state index in [1.54, 1.807) is 0 Å². The highest BCUT2D eigenvalue weighted by atomic mass is 32.2. The Kier molecular flexibility index (Phi) is 4.80. The van der Waals surface area contributed by atoms with E-state index in [0.717, 1.165) is 16.9 Å². The lowest BCUT2D eigenvalue weighted by Gasteiger charge is -2.12. The third-order valence-corrected chi connectivity index (χ3v) is 4.39. The van der Waals surface area contributed by atoms with Gasteiger partial charge in [-0.1, -0.05) is 74.1 Å². The lowest BCUT2D eigenvalue weighted by Crippen LogP contribution is -2.05. The normalized spacial score (nSPS) is 12.1. The van der Waals surface area contributed by atoms with E-state index in [2.05, 4.69) is 13.0 Å². The molecule has 0 aliphatic heterocycles. The molecule has 0 aliphatic rings. The summed E-state index contributed by atoms with van der Waals surface area (Å²) in [4.78, 5) is 13.4. The number of aryl methyl sites for hydroxylation is 1. The van der Waals surface area contributed by atoms with E-state index in [1.165, 1.54) is 17.3 Å². The second-order valence-corrected chi connectivity index (χ2v) is 5.56.